The van der Waals surface area contributed by atoms with Gasteiger partial charge < -0.3 is 0 Å². The molecule has 4 nitrogen and oxygen atoms in total. The summed E-state index contributed by atoms with van der Waals surface area (Å²) in [4.78, 5) is 4.30. The van der Waals surface area contributed by atoms with Gasteiger partial charge >= 0.3 is 0 Å². The molecule has 0 N–H and O–H groups in total. The second kappa shape index (κ2) is 3.41. The summed E-state index contributed by atoms with van der Waals surface area (Å²) in [7, 11) is 0. The summed E-state index contributed by atoms with van der Waals surface area (Å²) in [5.41, 5.74) is 3.77. The van der Waals surface area contributed by atoms with Crippen molar-refractivity contribution >= 4 is 11.2 Å². The maximum atomic E-state index is 4.30. The molecular formula is C12H10N4. The van der Waals surface area contributed by atoms with Crippen molar-refractivity contribution in [3.63, 3.8) is 0 Å². The third kappa shape index (κ3) is 1.27. The molecule has 0 spiro atoms. The first-order chi connectivity index (χ1) is 7.86. The molecule has 2 heterocycles. The van der Waals surface area contributed by atoms with Gasteiger partial charge in [-0.05, 0) is 30.7 Å². The Morgan fingerprint density at radius 2 is 1.94 bits per heavy atom. The Morgan fingerprint density at radius 3 is 2.81 bits per heavy atom. The normalized spacial score (nSPS) is 10.8. The van der Waals surface area contributed by atoms with E-state index < -0.39 is 0 Å². The predicted octanol–water partition coefficient (Wildman–Crippen LogP) is 2.12. The molecule has 3 aromatic rings. The number of aryl methyl sites for hydroxylation is 1. The van der Waals surface area contributed by atoms with Gasteiger partial charge in [-0.15, -0.1) is 5.10 Å². The first-order valence-electron chi connectivity index (χ1n) is 5.09. The molecule has 4 heteroatoms. The second-order valence-electron chi connectivity index (χ2n) is 3.63. The zero-order valence-corrected chi connectivity index (χ0v) is 8.83. The number of benzene rings is 1. The summed E-state index contributed by atoms with van der Waals surface area (Å²) in [6.45, 7) is 2.05. The summed E-state index contributed by atoms with van der Waals surface area (Å²) < 4.78 is 1.77. The number of pyridine rings is 1. The summed E-state index contributed by atoms with van der Waals surface area (Å²) >= 11 is 0. The van der Waals surface area contributed by atoms with E-state index in [1.165, 1.54) is 0 Å². The minimum atomic E-state index is 0.789. The van der Waals surface area contributed by atoms with Crippen molar-refractivity contribution in [2.24, 2.45) is 0 Å². The first-order valence-corrected chi connectivity index (χ1v) is 5.09. The van der Waals surface area contributed by atoms with E-state index in [4.69, 9.17) is 0 Å². The van der Waals surface area contributed by atoms with Gasteiger partial charge in [0.1, 0.15) is 5.52 Å². The number of nitrogens with zero attached hydrogens (tertiary/aromatic N) is 4. The highest BCUT2D eigenvalue weighted by atomic mass is 15.4. The van der Waals surface area contributed by atoms with E-state index in [0.717, 1.165) is 22.4 Å². The summed E-state index contributed by atoms with van der Waals surface area (Å²) in [5, 5.41) is 8.22. The number of rotatable bonds is 1. The Hall–Kier alpha value is -2.23. The molecular weight excluding hydrogens is 200 g/mol. The molecule has 78 valence electrons. The molecule has 0 aliphatic carbocycles. The van der Waals surface area contributed by atoms with Crippen molar-refractivity contribution in [2.45, 2.75) is 6.92 Å². The van der Waals surface area contributed by atoms with Crippen LogP contribution in [0.1, 0.15) is 5.56 Å². The van der Waals surface area contributed by atoms with Gasteiger partial charge in [-0.3, -0.25) is 0 Å². The molecule has 0 saturated heterocycles. The minimum absolute atomic E-state index is 0.789. The molecule has 1 aromatic carbocycles. The van der Waals surface area contributed by atoms with E-state index in [0.29, 0.717) is 0 Å². The van der Waals surface area contributed by atoms with Crippen LogP contribution in [0.4, 0.5) is 0 Å². The largest absolute Gasteiger partial charge is 0.235 e. The Morgan fingerprint density at radius 1 is 1.06 bits per heavy atom. The smallest absolute Gasteiger partial charge is 0.183 e. The van der Waals surface area contributed by atoms with Crippen molar-refractivity contribution in [1.82, 2.24) is 20.0 Å². The zero-order chi connectivity index (χ0) is 11.0. The van der Waals surface area contributed by atoms with E-state index in [9.17, 15) is 0 Å². The maximum absolute atomic E-state index is 4.30. The summed E-state index contributed by atoms with van der Waals surface area (Å²) in [6, 6.07) is 11.8. The van der Waals surface area contributed by atoms with Crippen molar-refractivity contribution in [3.05, 3.63) is 48.2 Å². The van der Waals surface area contributed by atoms with Gasteiger partial charge in [-0.1, -0.05) is 23.4 Å². The van der Waals surface area contributed by atoms with Crippen LogP contribution in [0.3, 0.4) is 0 Å². The van der Waals surface area contributed by atoms with Crippen molar-refractivity contribution in [1.29, 1.82) is 0 Å². The predicted molar refractivity (Wildman–Crippen MR) is 61.4 cm³/mol. The number of hydrogen-bond donors (Lipinski definition) is 0. The Balaban J connectivity index is 2.31. The fourth-order valence-corrected chi connectivity index (χ4v) is 1.73. The molecule has 0 fully saturated rings. The third-order valence-corrected chi connectivity index (χ3v) is 2.55. The molecule has 0 saturated carbocycles. The van der Waals surface area contributed by atoms with Crippen LogP contribution in [0.15, 0.2) is 42.6 Å². The highest BCUT2D eigenvalue weighted by molar-refractivity contribution is 5.71. The SMILES string of the molecule is Cc1ccccc1-n1nnc2cccnc21. The Kier molecular flexibility index (Phi) is 1.93. The number of para-hydroxylation sites is 1. The van der Waals surface area contributed by atoms with Crippen LogP contribution in [-0.2, 0) is 0 Å². The van der Waals surface area contributed by atoms with E-state index in [1.54, 1.807) is 10.9 Å². The van der Waals surface area contributed by atoms with Gasteiger partial charge in [-0.2, -0.15) is 4.68 Å². The Bertz CT molecular complexity index is 642. The minimum Gasteiger partial charge on any atom is -0.235 e. The molecule has 0 unspecified atom stereocenters. The molecule has 0 amide bonds. The molecule has 0 atom stereocenters. The number of aromatic nitrogens is 4. The van der Waals surface area contributed by atoms with Crippen LogP contribution in [0.5, 0.6) is 0 Å². The molecule has 2 aromatic heterocycles. The third-order valence-electron chi connectivity index (χ3n) is 2.55. The highest BCUT2D eigenvalue weighted by Gasteiger charge is 2.07. The lowest BCUT2D eigenvalue weighted by molar-refractivity contribution is 0.812. The van der Waals surface area contributed by atoms with Gasteiger partial charge in [0.15, 0.2) is 5.65 Å². The van der Waals surface area contributed by atoms with E-state index >= 15 is 0 Å². The molecule has 0 bridgehead atoms. The van der Waals surface area contributed by atoms with E-state index in [1.807, 2.05) is 43.3 Å². The van der Waals surface area contributed by atoms with Crippen molar-refractivity contribution in [3.8, 4) is 5.69 Å². The molecule has 0 radical (unpaired) electrons. The van der Waals surface area contributed by atoms with Crippen LogP contribution in [0.2, 0.25) is 0 Å². The summed E-state index contributed by atoms with van der Waals surface area (Å²) in [6.07, 6.45) is 1.75. The van der Waals surface area contributed by atoms with Gasteiger partial charge in [0.05, 0.1) is 5.69 Å². The molecule has 0 aliphatic rings. The fourth-order valence-electron chi connectivity index (χ4n) is 1.73. The lowest BCUT2D eigenvalue weighted by atomic mass is 10.2. The van der Waals surface area contributed by atoms with E-state index in [-0.39, 0.29) is 0 Å². The quantitative estimate of drug-likeness (QED) is 0.618. The van der Waals surface area contributed by atoms with Crippen molar-refractivity contribution < 1.29 is 0 Å². The monoisotopic (exact) mass is 210 g/mol. The fraction of sp³-hybridized carbons (Fsp3) is 0.0833. The van der Waals surface area contributed by atoms with Gasteiger partial charge in [-0.25, -0.2) is 4.98 Å². The highest BCUT2D eigenvalue weighted by Crippen LogP contribution is 2.16. The number of hydrogen-bond acceptors (Lipinski definition) is 3. The van der Waals surface area contributed by atoms with Gasteiger partial charge in [0.25, 0.3) is 0 Å². The van der Waals surface area contributed by atoms with Crippen LogP contribution < -0.4 is 0 Å². The number of fused-ring (bicyclic) bond motifs is 1. The molecule has 0 aliphatic heterocycles. The topological polar surface area (TPSA) is 43.6 Å². The summed E-state index contributed by atoms with van der Waals surface area (Å²) in [5.74, 6) is 0. The zero-order valence-electron chi connectivity index (χ0n) is 8.83. The Labute approximate surface area is 92.6 Å². The first kappa shape index (κ1) is 9.03. The second-order valence-corrected chi connectivity index (χ2v) is 3.63. The average molecular weight is 210 g/mol. The van der Waals surface area contributed by atoms with Crippen molar-refractivity contribution in [2.75, 3.05) is 0 Å². The van der Waals surface area contributed by atoms with Crippen LogP contribution in [0.25, 0.3) is 16.9 Å². The van der Waals surface area contributed by atoms with Crippen LogP contribution in [0, 0.1) is 6.92 Å². The van der Waals surface area contributed by atoms with Crippen LogP contribution >= 0.6 is 0 Å². The molecule has 16 heavy (non-hydrogen) atoms. The standard InChI is InChI=1S/C12H10N4/c1-9-5-2-3-7-11(9)16-12-10(14-15-16)6-4-8-13-12/h2-8H,1H3. The van der Waals surface area contributed by atoms with E-state index in [2.05, 4.69) is 15.3 Å². The average Bonchev–Trinajstić information content (AvgIpc) is 2.74. The maximum Gasteiger partial charge on any atom is 0.183 e. The molecule has 3 rings (SSSR count). The van der Waals surface area contributed by atoms with Crippen LogP contribution in [-0.4, -0.2) is 20.0 Å². The lowest BCUT2D eigenvalue weighted by Gasteiger charge is -2.04. The van der Waals surface area contributed by atoms with Gasteiger partial charge in [0.2, 0.25) is 0 Å². The lowest BCUT2D eigenvalue weighted by Crippen LogP contribution is -1.99. The van der Waals surface area contributed by atoms with Gasteiger partial charge in [0, 0.05) is 6.20 Å².